The fourth-order valence-corrected chi connectivity index (χ4v) is 9.04. The van der Waals surface area contributed by atoms with Crippen molar-refractivity contribution in [3.63, 3.8) is 0 Å². The lowest BCUT2D eigenvalue weighted by atomic mass is 9.70. The van der Waals surface area contributed by atoms with Crippen LogP contribution in [0.15, 0.2) is 73.8 Å². The zero-order valence-corrected chi connectivity index (χ0v) is 30.9. The van der Waals surface area contributed by atoms with Crippen LogP contribution in [0.5, 0.6) is 0 Å². The van der Waals surface area contributed by atoms with Gasteiger partial charge in [0, 0.05) is 17.8 Å². The molecule has 1 spiro atoms. The van der Waals surface area contributed by atoms with Crippen LogP contribution in [-0.4, -0.2) is 82.0 Å². The number of para-hydroxylation sites is 1. The molecule has 1 unspecified atom stereocenters. The Morgan fingerprint density at radius 2 is 1.90 bits per heavy atom. The monoisotopic (exact) mass is 769 g/mol. The first-order valence-electron chi connectivity index (χ1n) is 17.0. The molecule has 2 N–H and O–H groups in total. The zero-order valence-electron chi connectivity index (χ0n) is 28.6. The highest BCUT2D eigenvalue weighted by molar-refractivity contribution is 9.09. The van der Waals surface area contributed by atoms with Gasteiger partial charge in [0.15, 0.2) is 0 Å². The van der Waals surface area contributed by atoms with Gasteiger partial charge in [-0.15, -0.1) is 13.2 Å². The Bertz CT molecular complexity index is 1600. The SMILES string of the molecule is C=CCCC(=O)NC[C@@H](OC(=O)[C@H]1[C@@H]2O[C@@]3(CC2Br)[C@@H]1C(=O)N([C@@H](CO)C(C)C)[C@@H]3C(=O)N(CC=C)c1c(C)cccc1Cl)c1ccccc1. The lowest BCUT2D eigenvalue weighted by Gasteiger charge is -2.40. The van der Waals surface area contributed by atoms with Gasteiger partial charge in [0.1, 0.15) is 17.7 Å². The number of nitrogens with zero attached hydrogens (tertiary/aromatic N) is 2. The van der Waals surface area contributed by atoms with E-state index in [-0.39, 0.29) is 42.6 Å². The molecule has 50 heavy (non-hydrogen) atoms. The van der Waals surface area contributed by atoms with E-state index < -0.39 is 66.1 Å². The molecule has 3 aliphatic heterocycles. The molecule has 0 aromatic heterocycles. The fourth-order valence-electron chi connectivity index (χ4n) is 7.77. The van der Waals surface area contributed by atoms with Crippen molar-refractivity contribution in [2.75, 3.05) is 24.6 Å². The van der Waals surface area contributed by atoms with Gasteiger partial charge in [-0.2, -0.15) is 0 Å². The number of aliphatic hydroxyl groups is 1. The van der Waals surface area contributed by atoms with Crippen molar-refractivity contribution >= 4 is 56.9 Å². The molecule has 0 aliphatic carbocycles. The lowest BCUT2D eigenvalue weighted by Crippen LogP contribution is -2.60. The first-order chi connectivity index (χ1) is 23.9. The smallest absolute Gasteiger partial charge is 0.313 e. The number of benzene rings is 2. The lowest BCUT2D eigenvalue weighted by molar-refractivity contribution is -0.161. The van der Waals surface area contributed by atoms with Crippen molar-refractivity contribution in [1.82, 2.24) is 10.2 Å². The predicted octanol–water partition coefficient (Wildman–Crippen LogP) is 5.30. The van der Waals surface area contributed by atoms with Crippen molar-refractivity contribution in [3.05, 3.63) is 90.0 Å². The first kappa shape index (κ1) is 37.7. The number of nitrogens with one attached hydrogen (secondary N) is 1. The van der Waals surface area contributed by atoms with Crippen LogP contribution < -0.4 is 10.2 Å². The van der Waals surface area contributed by atoms with Gasteiger partial charge in [-0.25, -0.2) is 0 Å². The van der Waals surface area contributed by atoms with E-state index in [0.29, 0.717) is 22.7 Å². The summed E-state index contributed by atoms with van der Waals surface area (Å²) in [7, 11) is 0. The summed E-state index contributed by atoms with van der Waals surface area (Å²) in [6, 6.07) is 12.5. The van der Waals surface area contributed by atoms with Crippen molar-refractivity contribution in [2.24, 2.45) is 17.8 Å². The second-order valence-electron chi connectivity index (χ2n) is 13.5. The van der Waals surface area contributed by atoms with Crippen molar-refractivity contribution < 1.29 is 33.8 Å². The third kappa shape index (κ3) is 6.89. The molecule has 2 aromatic carbocycles. The maximum Gasteiger partial charge on any atom is 0.313 e. The van der Waals surface area contributed by atoms with E-state index in [1.54, 1.807) is 36.4 Å². The molecule has 12 heteroatoms. The fraction of sp³-hybridized carbons (Fsp3) is 0.474. The van der Waals surface area contributed by atoms with Gasteiger partial charge in [-0.3, -0.25) is 19.2 Å². The number of carbonyl (C=O) groups excluding carboxylic acids is 4. The number of rotatable bonds is 15. The molecule has 5 rings (SSSR count). The number of alkyl halides is 1. The van der Waals surface area contributed by atoms with Gasteiger partial charge in [0.25, 0.3) is 5.91 Å². The van der Waals surface area contributed by atoms with Crippen LogP contribution in [0.4, 0.5) is 5.69 Å². The van der Waals surface area contributed by atoms with Crippen molar-refractivity contribution in [2.45, 2.75) is 74.8 Å². The summed E-state index contributed by atoms with van der Waals surface area (Å²) in [6.07, 6.45) is 2.64. The topological polar surface area (TPSA) is 125 Å². The molecule has 268 valence electrons. The molecule has 0 saturated carbocycles. The maximum atomic E-state index is 15.0. The Morgan fingerprint density at radius 3 is 2.52 bits per heavy atom. The number of aryl methyl sites for hydroxylation is 1. The predicted molar refractivity (Wildman–Crippen MR) is 195 cm³/mol. The summed E-state index contributed by atoms with van der Waals surface area (Å²) in [6.45, 7) is 12.8. The van der Waals surface area contributed by atoms with Gasteiger partial charge in [-0.1, -0.05) is 96.0 Å². The van der Waals surface area contributed by atoms with E-state index in [1.165, 1.54) is 9.80 Å². The molecule has 10 nitrogen and oxygen atoms in total. The number of anilines is 1. The van der Waals surface area contributed by atoms with Crippen LogP contribution in [0.2, 0.25) is 5.02 Å². The summed E-state index contributed by atoms with van der Waals surface area (Å²) in [4.78, 5) is 59.2. The van der Waals surface area contributed by atoms with E-state index in [1.807, 2.05) is 45.0 Å². The van der Waals surface area contributed by atoms with Gasteiger partial charge in [0.05, 0.1) is 47.8 Å². The number of aliphatic hydroxyl groups excluding tert-OH is 1. The van der Waals surface area contributed by atoms with E-state index in [2.05, 4.69) is 34.4 Å². The molecule has 8 atom stereocenters. The van der Waals surface area contributed by atoms with Crippen LogP contribution >= 0.6 is 27.5 Å². The number of ether oxygens (including phenoxy) is 2. The third-order valence-corrected chi connectivity index (χ3v) is 11.2. The standard InChI is InChI=1S/C38H45BrClN3O7/c1-6-8-17-29(45)41-20-28(24-14-10-9-11-15-24)49-37(48)30-31-35(46)43(27(21-44)22(3)4)34(38(31)19-25(39)33(30)50-38)36(47)42(18-7-2)32-23(5)13-12-16-26(32)40/h6-7,9-16,22,25,27-28,30-31,33-34,44H,1-2,8,17-21H2,3-5H3,(H,41,45)/t25?,27-,28+,30+,31-,33+,34+,38-/m0/s1. The van der Waals surface area contributed by atoms with Gasteiger partial charge >= 0.3 is 5.97 Å². The normalized spacial score (nSPS) is 26.3. The number of fused-ring (bicyclic) bond motifs is 1. The molecule has 3 fully saturated rings. The van der Waals surface area contributed by atoms with Gasteiger partial charge < -0.3 is 29.7 Å². The van der Waals surface area contributed by atoms with E-state index in [4.69, 9.17) is 21.1 Å². The Labute approximate surface area is 306 Å². The van der Waals surface area contributed by atoms with Gasteiger partial charge in [-0.05, 0) is 42.9 Å². The molecular weight excluding hydrogens is 726 g/mol. The van der Waals surface area contributed by atoms with Crippen LogP contribution in [0, 0.1) is 24.7 Å². The number of hydrogen-bond acceptors (Lipinski definition) is 7. The molecule has 3 aliphatic rings. The zero-order chi connectivity index (χ0) is 36.3. The van der Waals surface area contributed by atoms with Crippen molar-refractivity contribution in [3.8, 4) is 0 Å². The van der Waals surface area contributed by atoms with E-state index in [0.717, 1.165) is 5.56 Å². The summed E-state index contributed by atoms with van der Waals surface area (Å²) in [5, 5.41) is 13.8. The minimum atomic E-state index is -1.41. The number of halogens is 2. The van der Waals surface area contributed by atoms with Crippen LogP contribution in [0.1, 0.15) is 50.3 Å². The summed E-state index contributed by atoms with van der Waals surface area (Å²) in [5.74, 6) is -4.15. The minimum Gasteiger partial charge on any atom is -0.455 e. The molecule has 3 amide bonds. The first-order valence-corrected chi connectivity index (χ1v) is 18.3. The van der Waals surface area contributed by atoms with Gasteiger partial charge in [0.2, 0.25) is 11.8 Å². The van der Waals surface area contributed by atoms with Crippen LogP contribution in [0.3, 0.4) is 0 Å². The number of esters is 1. The number of allylic oxidation sites excluding steroid dienone is 1. The summed E-state index contributed by atoms with van der Waals surface area (Å²) >= 11 is 10.4. The number of carbonyl (C=O) groups is 4. The molecular formula is C38H45BrClN3O7. The van der Waals surface area contributed by atoms with Crippen LogP contribution in [0.25, 0.3) is 0 Å². The highest BCUT2D eigenvalue weighted by Gasteiger charge is 2.77. The Balaban J connectivity index is 1.55. The average molecular weight is 771 g/mol. The maximum absolute atomic E-state index is 15.0. The number of likely N-dealkylation sites (tertiary alicyclic amines) is 1. The number of hydrogen-bond donors (Lipinski definition) is 2. The molecule has 3 heterocycles. The summed E-state index contributed by atoms with van der Waals surface area (Å²) < 4.78 is 12.9. The highest BCUT2D eigenvalue weighted by atomic mass is 79.9. The van der Waals surface area contributed by atoms with Crippen LogP contribution in [-0.2, 0) is 28.7 Å². The summed E-state index contributed by atoms with van der Waals surface area (Å²) in [5.41, 5.74) is 0.493. The largest absolute Gasteiger partial charge is 0.455 e. The molecule has 3 saturated heterocycles. The minimum absolute atomic E-state index is 0.0202. The second kappa shape index (κ2) is 15.8. The number of amides is 3. The molecule has 2 aromatic rings. The van der Waals surface area contributed by atoms with E-state index in [9.17, 15) is 19.5 Å². The molecule has 0 radical (unpaired) electrons. The van der Waals surface area contributed by atoms with Crippen molar-refractivity contribution in [1.29, 1.82) is 0 Å². The Kier molecular flexibility index (Phi) is 11.9. The highest BCUT2D eigenvalue weighted by Crippen LogP contribution is 2.61. The third-order valence-electron chi connectivity index (χ3n) is 10.1. The Hall–Kier alpha value is -3.51. The average Bonchev–Trinajstić information content (AvgIpc) is 3.68. The molecule has 2 bridgehead atoms. The van der Waals surface area contributed by atoms with E-state index >= 15 is 4.79 Å². The second-order valence-corrected chi connectivity index (χ2v) is 15.1. The Morgan fingerprint density at radius 1 is 1.18 bits per heavy atom. The quantitative estimate of drug-likeness (QED) is 0.143.